The predicted molar refractivity (Wildman–Crippen MR) is 109 cm³/mol. The van der Waals surface area contributed by atoms with Crippen LogP contribution in [0.4, 0.5) is 10.1 Å². The van der Waals surface area contributed by atoms with Crippen LogP contribution in [0.1, 0.15) is 23.0 Å². The van der Waals surface area contributed by atoms with Gasteiger partial charge in [0, 0.05) is 50.0 Å². The second kappa shape index (κ2) is 7.71. The number of hydrogen-bond donors (Lipinski definition) is 2. The summed E-state index contributed by atoms with van der Waals surface area (Å²) in [5.41, 5.74) is 0.275. The second-order valence-electron chi connectivity index (χ2n) is 6.81. The van der Waals surface area contributed by atoms with Crippen LogP contribution in [0.25, 0.3) is 10.6 Å². The number of carbonyl (C=O) groups is 2. The number of hydrogen-bond acceptors (Lipinski definition) is 6. The van der Waals surface area contributed by atoms with Crippen LogP contribution < -0.4 is 10.7 Å². The van der Waals surface area contributed by atoms with Crippen molar-refractivity contribution in [2.45, 2.75) is 20.0 Å². The minimum atomic E-state index is -0.660. The van der Waals surface area contributed by atoms with Crippen LogP contribution in [-0.4, -0.2) is 37.9 Å². The van der Waals surface area contributed by atoms with E-state index < -0.39 is 22.9 Å². The van der Waals surface area contributed by atoms with E-state index in [1.165, 1.54) is 47.6 Å². The van der Waals surface area contributed by atoms with Crippen LogP contribution in [0.5, 0.6) is 5.75 Å². The molecule has 2 aromatic heterocycles. The molecule has 4 rings (SSSR count). The third-order valence-electron chi connectivity index (χ3n) is 4.76. The monoisotopic (exact) mass is 428 g/mol. The average Bonchev–Trinajstić information content (AvgIpc) is 3.22. The quantitative estimate of drug-likeness (QED) is 0.664. The molecule has 0 saturated heterocycles. The molecule has 8 nitrogen and oxygen atoms in total. The summed E-state index contributed by atoms with van der Waals surface area (Å²) in [5, 5.41) is 15.2. The van der Waals surface area contributed by atoms with Gasteiger partial charge in [-0.1, -0.05) is 6.07 Å². The van der Waals surface area contributed by atoms with E-state index in [0.29, 0.717) is 23.7 Å². The Kier molecular flexibility index (Phi) is 5.08. The molecule has 0 spiro atoms. The van der Waals surface area contributed by atoms with Gasteiger partial charge in [0.2, 0.25) is 11.3 Å². The maximum atomic E-state index is 13.6. The largest absolute Gasteiger partial charge is 0.503 e. The van der Waals surface area contributed by atoms with Crippen LogP contribution in [0.15, 0.2) is 40.8 Å². The Labute approximate surface area is 174 Å². The molecule has 30 heavy (non-hydrogen) atoms. The lowest BCUT2D eigenvalue weighted by Crippen LogP contribution is -2.41. The molecule has 10 heteroatoms. The summed E-state index contributed by atoms with van der Waals surface area (Å²) >= 11 is 1.26. The van der Waals surface area contributed by atoms with Gasteiger partial charge in [-0.15, -0.1) is 11.3 Å². The van der Waals surface area contributed by atoms with E-state index in [-0.39, 0.29) is 29.4 Å². The Bertz CT molecular complexity index is 1210. The number of halogens is 1. The third-order valence-corrected chi connectivity index (χ3v) is 5.57. The molecule has 0 aliphatic carbocycles. The molecule has 0 atom stereocenters. The molecule has 3 aromatic rings. The van der Waals surface area contributed by atoms with Crippen molar-refractivity contribution in [3.63, 3.8) is 0 Å². The van der Waals surface area contributed by atoms with Gasteiger partial charge >= 0.3 is 0 Å². The van der Waals surface area contributed by atoms with Gasteiger partial charge in [-0.05, 0) is 17.7 Å². The highest BCUT2D eigenvalue weighted by atomic mass is 32.1. The van der Waals surface area contributed by atoms with Crippen LogP contribution in [-0.2, 0) is 17.9 Å². The summed E-state index contributed by atoms with van der Waals surface area (Å²) in [7, 11) is 0. The highest BCUT2D eigenvalue weighted by Crippen LogP contribution is 2.27. The Morgan fingerprint density at radius 1 is 1.33 bits per heavy atom. The van der Waals surface area contributed by atoms with E-state index in [2.05, 4.69) is 10.3 Å². The average molecular weight is 428 g/mol. The highest BCUT2D eigenvalue weighted by molar-refractivity contribution is 7.13. The van der Waals surface area contributed by atoms with E-state index in [9.17, 15) is 23.9 Å². The summed E-state index contributed by atoms with van der Waals surface area (Å²) in [5.74, 6) is -2.04. The molecule has 0 unspecified atom stereocenters. The SMILES string of the molecule is CC(=O)Nc1cc(F)ccc1CN1CCn2cc(-c3nccs3)c(=O)c(O)c2C1=O. The summed E-state index contributed by atoms with van der Waals surface area (Å²) in [6, 6.07) is 3.91. The Balaban J connectivity index is 1.68. The fourth-order valence-electron chi connectivity index (χ4n) is 3.39. The van der Waals surface area contributed by atoms with Crippen molar-refractivity contribution in [1.29, 1.82) is 0 Å². The van der Waals surface area contributed by atoms with Crippen molar-refractivity contribution in [2.75, 3.05) is 11.9 Å². The first-order valence-electron chi connectivity index (χ1n) is 9.06. The molecule has 154 valence electrons. The number of thiazole rings is 1. The minimum absolute atomic E-state index is 0.0799. The van der Waals surface area contributed by atoms with Crippen molar-refractivity contribution >= 4 is 28.8 Å². The molecule has 0 bridgehead atoms. The molecular weight excluding hydrogens is 411 g/mol. The number of aromatic hydroxyl groups is 1. The number of fused-ring (bicyclic) bond motifs is 1. The van der Waals surface area contributed by atoms with Gasteiger partial charge in [0.25, 0.3) is 5.91 Å². The number of nitrogens with one attached hydrogen (secondary N) is 1. The molecule has 1 aliphatic rings. The number of pyridine rings is 1. The number of aromatic nitrogens is 2. The van der Waals surface area contributed by atoms with Crippen molar-refractivity contribution < 1.29 is 19.1 Å². The number of nitrogens with zero attached hydrogens (tertiary/aromatic N) is 3. The van der Waals surface area contributed by atoms with Crippen molar-refractivity contribution in [2.24, 2.45) is 0 Å². The summed E-state index contributed by atoms with van der Waals surface area (Å²) in [6.07, 6.45) is 3.09. The Morgan fingerprint density at radius 2 is 2.13 bits per heavy atom. The topological polar surface area (TPSA) is 105 Å². The standard InChI is InChI=1S/C20H17FN4O4S/c1-11(26)23-15-8-13(21)3-2-12(15)9-25-6-5-24-10-14(19-22-4-7-30-19)17(27)18(28)16(24)20(25)29/h2-4,7-8,10,28H,5-6,9H2,1H3,(H,23,26). The maximum Gasteiger partial charge on any atom is 0.274 e. The normalized spacial score (nSPS) is 13.3. The van der Waals surface area contributed by atoms with Gasteiger partial charge in [-0.25, -0.2) is 9.37 Å². The first-order chi connectivity index (χ1) is 14.3. The van der Waals surface area contributed by atoms with Crippen LogP contribution in [0, 0.1) is 5.82 Å². The summed E-state index contributed by atoms with van der Waals surface area (Å²) in [6.45, 7) is 2.05. The molecular formula is C20H17FN4O4S. The fourth-order valence-corrected chi connectivity index (χ4v) is 4.03. The molecule has 0 fully saturated rings. The summed E-state index contributed by atoms with van der Waals surface area (Å²) in [4.78, 5) is 42.6. The van der Waals surface area contributed by atoms with Crippen molar-refractivity contribution in [3.05, 3.63) is 63.3 Å². The lowest BCUT2D eigenvalue weighted by molar-refractivity contribution is -0.114. The van der Waals surface area contributed by atoms with E-state index in [0.717, 1.165) is 0 Å². The van der Waals surface area contributed by atoms with E-state index in [4.69, 9.17) is 0 Å². The molecule has 1 aliphatic heterocycles. The number of rotatable bonds is 4. The number of benzene rings is 1. The molecule has 1 aromatic carbocycles. The van der Waals surface area contributed by atoms with Crippen LogP contribution >= 0.6 is 11.3 Å². The second-order valence-corrected chi connectivity index (χ2v) is 7.70. The van der Waals surface area contributed by atoms with E-state index >= 15 is 0 Å². The van der Waals surface area contributed by atoms with Crippen LogP contribution in [0.3, 0.4) is 0 Å². The Hall–Kier alpha value is -3.53. The lowest BCUT2D eigenvalue weighted by atomic mass is 10.1. The van der Waals surface area contributed by atoms with E-state index in [1.807, 2.05) is 0 Å². The zero-order chi connectivity index (χ0) is 21.4. The highest BCUT2D eigenvalue weighted by Gasteiger charge is 2.30. The lowest BCUT2D eigenvalue weighted by Gasteiger charge is -2.31. The van der Waals surface area contributed by atoms with Crippen LogP contribution in [0.2, 0.25) is 0 Å². The fraction of sp³-hybridized carbons (Fsp3) is 0.200. The molecule has 0 radical (unpaired) electrons. The zero-order valence-corrected chi connectivity index (χ0v) is 16.7. The molecule has 2 amide bonds. The number of carbonyl (C=O) groups excluding carboxylic acids is 2. The molecule has 2 N–H and O–H groups in total. The predicted octanol–water partition coefficient (Wildman–Crippen LogP) is 2.43. The van der Waals surface area contributed by atoms with Gasteiger partial charge in [-0.3, -0.25) is 14.4 Å². The van der Waals surface area contributed by atoms with Crippen molar-refractivity contribution in [3.8, 4) is 16.3 Å². The van der Waals surface area contributed by atoms with Gasteiger partial charge < -0.3 is 19.9 Å². The maximum absolute atomic E-state index is 13.6. The smallest absolute Gasteiger partial charge is 0.274 e. The molecule has 3 heterocycles. The number of amides is 2. The summed E-state index contributed by atoms with van der Waals surface area (Å²) < 4.78 is 15.1. The van der Waals surface area contributed by atoms with Gasteiger partial charge in [0.05, 0.1) is 5.56 Å². The third kappa shape index (κ3) is 3.57. The van der Waals surface area contributed by atoms with E-state index in [1.54, 1.807) is 16.1 Å². The van der Waals surface area contributed by atoms with Gasteiger partial charge in [-0.2, -0.15) is 0 Å². The first kappa shape index (κ1) is 19.8. The molecule has 0 saturated carbocycles. The Morgan fingerprint density at radius 3 is 2.83 bits per heavy atom. The van der Waals surface area contributed by atoms with Crippen molar-refractivity contribution in [1.82, 2.24) is 14.5 Å². The number of anilines is 1. The first-order valence-corrected chi connectivity index (χ1v) is 9.94. The zero-order valence-electron chi connectivity index (χ0n) is 15.9. The van der Waals surface area contributed by atoms with Gasteiger partial charge in [0.15, 0.2) is 11.4 Å². The minimum Gasteiger partial charge on any atom is -0.503 e. The van der Waals surface area contributed by atoms with Gasteiger partial charge in [0.1, 0.15) is 10.8 Å².